The van der Waals surface area contributed by atoms with Crippen LogP contribution >= 0.6 is 0 Å². The fraction of sp³-hybridized carbons (Fsp3) is 0.583. The van der Waals surface area contributed by atoms with Crippen molar-refractivity contribution in [3.63, 3.8) is 0 Å². The monoisotopic (exact) mass is 604 g/mol. The number of hydrogen-bond acceptors (Lipinski definition) is 9. The number of ether oxygens (including phenoxy) is 2. The van der Waals surface area contributed by atoms with E-state index in [9.17, 15) is 31.5 Å². The van der Waals surface area contributed by atoms with Crippen LogP contribution in [0.4, 0.5) is 26.7 Å². The van der Waals surface area contributed by atoms with Gasteiger partial charge in [0.1, 0.15) is 5.69 Å². The van der Waals surface area contributed by atoms with Crippen LogP contribution in [0, 0.1) is 6.92 Å². The number of fused-ring (bicyclic) bond motifs is 1. The number of imidazole rings is 1. The number of nitrogens with zero attached hydrogens (tertiary/aromatic N) is 6. The van der Waals surface area contributed by atoms with Gasteiger partial charge in [-0.25, -0.2) is 27.7 Å². The second-order valence-electron chi connectivity index (χ2n) is 10.4. The van der Waals surface area contributed by atoms with E-state index in [4.69, 9.17) is 9.47 Å². The zero-order valence-electron chi connectivity index (χ0n) is 23.2. The van der Waals surface area contributed by atoms with E-state index in [0.717, 1.165) is 18.7 Å². The maximum atomic E-state index is 14.1. The molecular formula is C24H29F5N8O5. The van der Waals surface area contributed by atoms with Gasteiger partial charge in [0, 0.05) is 12.7 Å². The number of rotatable bonds is 10. The molecule has 0 spiro atoms. The van der Waals surface area contributed by atoms with Crippen LogP contribution in [0.2, 0.25) is 0 Å². The van der Waals surface area contributed by atoms with Gasteiger partial charge in [-0.05, 0) is 38.9 Å². The van der Waals surface area contributed by atoms with Crippen molar-refractivity contribution in [1.29, 1.82) is 0 Å². The second kappa shape index (κ2) is 11.4. The molecule has 1 aliphatic rings. The van der Waals surface area contributed by atoms with Gasteiger partial charge >= 0.3 is 12.2 Å². The van der Waals surface area contributed by atoms with Crippen molar-refractivity contribution >= 4 is 17.6 Å². The molecule has 3 amide bonds. The first-order valence-corrected chi connectivity index (χ1v) is 12.6. The van der Waals surface area contributed by atoms with Gasteiger partial charge in [0.2, 0.25) is 0 Å². The number of aromatic nitrogens is 5. The largest absolute Gasteiger partial charge is 0.416 e. The Morgan fingerprint density at radius 1 is 1.29 bits per heavy atom. The lowest BCUT2D eigenvalue weighted by molar-refractivity contribution is -0.277. The number of alkyl halides is 5. The van der Waals surface area contributed by atoms with Crippen molar-refractivity contribution in [1.82, 2.24) is 40.4 Å². The molecule has 3 aromatic rings. The fourth-order valence-corrected chi connectivity index (χ4v) is 4.38. The van der Waals surface area contributed by atoms with Crippen molar-refractivity contribution in [3.05, 3.63) is 41.1 Å². The van der Waals surface area contributed by atoms with E-state index < -0.39 is 60.9 Å². The van der Waals surface area contributed by atoms with Crippen molar-refractivity contribution < 1.29 is 45.6 Å². The molecule has 3 aromatic heterocycles. The molecule has 3 atom stereocenters. The molecule has 1 aliphatic heterocycles. The Morgan fingerprint density at radius 3 is 2.62 bits per heavy atom. The highest BCUT2D eigenvalue weighted by Crippen LogP contribution is 2.36. The lowest BCUT2D eigenvalue weighted by Crippen LogP contribution is -2.58. The summed E-state index contributed by atoms with van der Waals surface area (Å²) in [7, 11) is 1.34. The Balaban J connectivity index is 1.70. The summed E-state index contributed by atoms with van der Waals surface area (Å²) < 4.78 is 85.5. The predicted molar refractivity (Wildman–Crippen MR) is 133 cm³/mol. The number of carbonyl (C=O) groups excluding carboxylic acids is 2. The predicted octanol–water partition coefficient (Wildman–Crippen LogP) is 2.99. The topological polar surface area (TPSA) is 149 Å². The Labute approximate surface area is 235 Å². The van der Waals surface area contributed by atoms with E-state index in [-0.39, 0.29) is 29.3 Å². The maximum Gasteiger partial charge on any atom is 0.416 e. The van der Waals surface area contributed by atoms with E-state index in [1.807, 2.05) is 0 Å². The standard InChI is InChI=1S/C24H29F5N8O5/c1-12-18(35-42-34-12)20(38)33-19(13(2)41-22(3,4)24(27,28)29)15-8-37-17(32-15)6-14(7-31-37)16(9-40-5)36-11-23(25,26)10-30-21(36)39/h6-8,13,16,19H,9-11H2,1-5H3,(H,30,39)(H,33,38). The van der Waals surface area contributed by atoms with Crippen LogP contribution in [-0.2, 0) is 9.47 Å². The van der Waals surface area contributed by atoms with Gasteiger partial charge in [0.15, 0.2) is 16.9 Å². The average molecular weight is 605 g/mol. The number of aryl methyl sites for hydroxylation is 1. The van der Waals surface area contributed by atoms with Gasteiger partial charge < -0.3 is 25.0 Å². The molecule has 42 heavy (non-hydrogen) atoms. The third kappa shape index (κ3) is 6.43. The molecule has 1 fully saturated rings. The molecule has 0 radical (unpaired) electrons. The average Bonchev–Trinajstić information content (AvgIpc) is 3.51. The summed E-state index contributed by atoms with van der Waals surface area (Å²) in [6.45, 7) is 2.69. The van der Waals surface area contributed by atoms with Crippen LogP contribution in [-0.4, -0.2) is 92.4 Å². The number of methoxy groups -OCH3 is 1. The molecule has 0 saturated carbocycles. The summed E-state index contributed by atoms with van der Waals surface area (Å²) in [5, 5.41) is 16.0. The molecule has 4 heterocycles. The smallest absolute Gasteiger partial charge is 0.382 e. The van der Waals surface area contributed by atoms with Crippen LogP contribution in [0.1, 0.15) is 60.3 Å². The lowest BCUT2D eigenvalue weighted by Gasteiger charge is -2.38. The molecule has 18 heteroatoms. The summed E-state index contributed by atoms with van der Waals surface area (Å²) in [5.74, 6) is -3.98. The molecule has 2 N–H and O–H groups in total. The summed E-state index contributed by atoms with van der Waals surface area (Å²) in [5.41, 5.74) is -2.11. The number of nitrogens with one attached hydrogen (secondary N) is 2. The van der Waals surface area contributed by atoms with Crippen molar-refractivity contribution in [3.8, 4) is 0 Å². The van der Waals surface area contributed by atoms with Crippen molar-refractivity contribution in [2.45, 2.75) is 63.6 Å². The maximum absolute atomic E-state index is 14.1. The molecule has 4 rings (SSSR count). The number of urea groups is 1. The molecule has 13 nitrogen and oxygen atoms in total. The third-order valence-electron chi connectivity index (χ3n) is 6.71. The van der Waals surface area contributed by atoms with Gasteiger partial charge in [-0.15, -0.1) is 0 Å². The molecule has 3 unspecified atom stereocenters. The molecular weight excluding hydrogens is 575 g/mol. The first-order valence-electron chi connectivity index (χ1n) is 12.6. The highest BCUT2D eigenvalue weighted by molar-refractivity contribution is 5.93. The van der Waals surface area contributed by atoms with E-state index in [2.05, 4.69) is 35.7 Å². The Hall–Kier alpha value is -3.93. The van der Waals surface area contributed by atoms with E-state index >= 15 is 0 Å². The van der Waals surface area contributed by atoms with Crippen LogP contribution in [0.3, 0.4) is 0 Å². The fourth-order valence-electron chi connectivity index (χ4n) is 4.38. The van der Waals surface area contributed by atoms with Crippen LogP contribution in [0.5, 0.6) is 0 Å². The minimum atomic E-state index is -4.73. The van der Waals surface area contributed by atoms with E-state index in [1.54, 1.807) is 0 Å². The summed E-state index contributed by atoms with van der Waals surface area (Å²) in [6.07, 6.45) is -3.32. The van der Waals surface area contributed by atoms with Crippen molar-refractivity contribution in [2.75, 3.05) is 26.8 Å². The number of amides is 3. The zero-order chi connectivity index (χ0) is 31.0. The number of carbonyl (C=O) groups is 2. The quantitative estimate of drug-likeness (QED) is 0.333. The van der Waals surface area contributed by atoms with Gasteiger partial charge in [-0.1, -0.05) is 5.16 Å². The Morgan fingerprint density at radius 2 is 2.00 bits per heavy atom. The molecule has 230 valence electrons. The van der Waals surface area contributed by atoms with Crippen LogP contribution in [0.15, 0.2) is 23.1 Å². The zero-order valence-corrected chi connectivity index (χ0v) is 23.2. The molecule has 1 saturated heterocycles. The summed E-state index contributed by atoms with van der Waals surface area (Å²) >= 11 is 0. The third-order valence-corrected chi connectivity index (χ3v) is 6.71. The highest BCUT2D eigenvalue weighted by atomic mass is 19.4. The molecule has 0 aromatic carbocycles. The highest BCUT2D eigenvalue weighted by Gasteiger charge is 2.50. The van der Waals surface area contributed by atoms with Gasteiger partial charge in [-0.3, -0.25) is 4.79 Å². The summed E-state index contributed by atoms with van der Waals surface area (Å²) in [6, 6.07) is -1.46. The van der Waals surface area contributed by atoms with Crippen molar-refractivity contribution in [2.24, 2.45) is 0 Å². The minimum Gasteiger partial charge on any atom is -0.382 e. The van der Waals surface area contributed by atoms with E-state index in [1.165, 1.54) is 43.9 Å². The first kappa shape index (κ1) is 31.0. The van der Waals surface area contributed by atoms with E-state index in [0.29, 0.717) is 5.56 Å². The second-order valence-corrected chi connectivity index (χ2v) is 10.4. The first-order chi connectivity index (χ1) is 19.5. The molecule has 0 aliphatic carbocycles. The van der Waals surface area contributed by atoms with Gasteiger partial charge in [0.05, 0.1) is 56.0 Å². The summed E-state index contributed by atoms with van der Waals surface area (Å²) in [4.78, 5) is 30.8. The number of hydrogen-bond donors (Lipinski definition) is 2. The normalized spacial score (nSPS) is 18.0. The van der Waals surface area contributed by atoms with Crippen LogP contribution in [0.25, 0.3) is 5.65 Å². The Bertz CT molecular complexity index is 1440. The minimum absolute atomic E-state index is 0.0677. The SMILES string of the molecule is COCC(c1cnn2cc(C(NC(=O)c3nonc3C)C(C)OC(C)(C)C(F)(F)F)nc2c1)N1CC(F)(F)CNC1=O. The lowest BCUT2D eigenvalue weighted by atomic mass is 10.1. The number of halogens is 5. The Kier molecular flexibility index (Phi) is 8.41. The van der Waals surface area contributed by atoms with Crippen LogP contribution < -0.4 is 10.6 Å². The van der Waals surface area contributed by atoms with Gasteiger partial charge in [0.25, 0.3) is 11.8 Å². The molecule has 0 bridgehead atoms. The van der Waals surface area contributed by atoms with Gasteiger partial charge in [-0.2, -0.15) is 18.3 Å².